The first-order valence-electron chi connectivity index (χ1n) is 4.45. The molecule has 0 bridgehead atoms. The molecule has 82 valence electrons. The first-order valence-corrected chi connectivity index (χ1v) is 5.85. The quantitative estimate of drug-likeness (QED) is 0.737. The summed E-state index contributed by atoms with van der Waals surface area (Å²) >= 11 is 1.58. The minimum atomic E-state index is -3.29. The summed E-state index contributed by atoms with van der Waals surface area (Å²) in [6, 6.07) is 6.39. The molecule has 0 aliphatic carbocycles. The van der Waals surface area contributed by atoms with E-state index in [-0.39, 0.29) is 5.56 Å². The molecule has 0 unspecified atom stereocenters. The van der Waals surface area contributed by atoms with Crippen molar-refractivity contribution in [2.75, 3.05) is 6.26 Å². The van der Waals surface area contributed by atoms with Crippen LogP contribution >= 0.6 is 11.8 Å². The van der Waals surface area contributed by atoms with E-state index in [1.165, 1.54) is 12.1 Å². The lowest BCUT2D eigenvalue weighted by Gasteiger charge is -2.09. The summed E-state index contributed by atoms with van der Waals surface area (Å²) in [6.07, 6.45) is 1.92. The molecule has 15 heavy (non-hydrogen) atoms. The van der Waals surface area contributed by atoms with Crippen molar-refractivity contribution in [2.45, 2.75) is 18.6 Å². The van der Waals surface area contributed by atoms with E-state index in [0.717, 1.165) is 11.3 Å². The molecule has 0 fully saturated rings. The molecule has 0 heterocycles. The summed E-state index contributed by atoms with van der Waals surface area (Å²) < 4.78 is 25.5. The summed E-state index contributed by atoms with van der Waals surface area (Å²) in [5.41, 5.74) is 0.964. The van der Waals surface area contributed by atoms with Gasteiger partial charge >= 0.3 is 5.92 Å². The van der Waals surface area contributed by atoms with Crippen molar-refractivity contribution >= 4 is 17.5 Å². The van der Waals surface area contributed by atoms with Crippen molar-refractivity contribution in [1.82, 2.24) is 0 Å². The second-order valence-corrected chi connectivity index (χ2v) is 4.22. The van der Waals surface area contributed by atoms with E-state index >= 15 is 0 Å². The molecule has 0 atom stereocenters. The average molecular weight is 230 g/mol. The fourth-order valence-electron chi connectivity index (χ4n) is 1.22. The summed E-state index contributed by atoms with van der Waals surface area (Å²) in [6.45, 7) is 0.622. The molecule has 1 rings (SSSR count). The average Bonchev–Trinajstić information content (AvgIpc) is 2.16. The molecule has 0 aliphatic rings. The van der Waals surface area contributed by atoms with Crippen molar-refractivity contribution in [3.8, 4) is 0 Å². The number of Topliss-reactive ketones (excluding diaryl/α,β-unsaturated/α-hetero) is 1. The summed E-state index contributed by atoms with van der Waals surface area (Å²) in [4.78, 5) is 11.3. The fourth-order valence-corrected chi connectivity index (χ4v) is 1.74. The lowest BCUT2D eigenvalue weighted by molar-refractivity contribution is 0.0221. The lowest BCUT2D eigenvalue weighted by Crippen LogP contribution is -2.24. The van der Waals surface area contributed by atoms with Gasteiger partial charge in [0, 0.05) is 18.2 Å². The van der Waals surface area contributed by atoms with Crippen LogP contribution < -0.4 is 0 Å². The highest BCUT2D eigenvalue weighted by Crippen LogP contribution is 2.20. The molecule has 0 saturated heterocycles. The van der Waals surface area contributed by atoms with Gasteiger partial charge in [-0.3, -0.25) is 4.79 Å². The Morgan fingerprint density at radius 2 is 2.13 bits per heavy atom. The zero-order chi connectivity index (χ0) is 11.5. The van der Waals surface area contributed by atoms with E-state index < -0.39 is 11.7 Å². The van der Waals surface area contributed by atoms with E-state index in [1.807, 2.05) is 12.3 Å². The number of ketones is 1. The Balaban J connectivity index is 2.95. The first-order chi connectivity index (χ1) is 6.95. The molecule has 0 N–H and O–H groups in total. The van der Waals surface area contributed by atoms with Gasteiger partial charge in [0.05, 0.1) is 0 Å². The van der Waals surface area contributed by atoms with Crippen LogP contribution in [0.25, 0.3) is 0 Å². The number of alkyl halides is 2. The van der Waals surface area contributed by atoms with Crippen molar-refractivity contribution in [1.29, 1.82) is 0 Å². The van der Waals surface area contributed by atoms with Gasteiger partial charge in [-0.05, 0) is 17.9 Å². The smallest absolute Gasteiger partial charge is 0.287 e. The van der Waals surface area contributed by atoms with Gasteiger partial charge in [-0.1, -0.05) is 18.2 Å². The fraction of sp³-hybridized carbons (Fsp3) is 0.364. The normalized spacial score (nSPS) is 11.5. The second-order valence-electron chi connectivity index (χ2n) is 3.35. The van der Waals surface area contributed by atoms with Crippen molar-refractivity contribution < 1.29 is 13.6 Å². The molecule has 0 saturated carbocycles. The first kappa shape index (κ1) is 12.2. The molecule has 4 heteroatoms. The zero-order valence-corrected chi connectivity index (χ0v) is 9.41. The highest BCUT2D eigenvalue weighted by Gasteiger charge is 2.32. The second kappa shape index (κ2) is 4.75. The van der Waals surface area contributed by atoms with E-state index in [0.29, 0.717) is 6.92 Å². The van der Waals surface area contributed by atoms with E-state index in [1.54, 1.807) is 17.8 Å². The van der Waals surface area contributed by atoms with Crippen LogP contribution in [0.4, 0.5) is 8.78 Å². The SMILES string of the molecule is CSCc1cccc(C(=O)C(C)(F)F)c1. The van der Waals surface area contributed by atoms with Gasteiger partial charge in [-0.2, -0.15) is 20.5 Å². The molecule has 0 radical (unpaired) electrons. The third-order valence-electron chi connectivity index (χ3n) is 1.90. The third-order valence-corrected chi connectivity index (χ3v) is 2.52. The number of carbonyl (C=O) groups is 1. The van der Waals surface area contributed by atoms with Crippen LogP contribution in [0.3, 0.4) is 0 Å². The van der Waals surface area contributed by atoms with Gasteiger partial charge in [-0.15, -0.1) is 0 Å². The van der Waals surface area contributed by atoms with Crippen LogP contribution in [-0.4, -0.2) is 18.0 Å². The number of hydrogen-bond donors (Lipinski definition) is 0. The molecule has 1 nitrogen and oxygen atoms in total. The Bertz CT molecular complexity index is 358. The number of rotatable bonds is 4. The van der Waals surface area contributed by atoms with Crippen LogP contribution in [0.15, 0.2) is 24.3 Å². The highest BCUT2D eigenvalue weighted by atomic mass is 32.2. The number of thioether (sulfide) groups is 1. The van der Waals surface area contributed by atoms with Crippen molar-refractivity contribution in [3.63, 3.8) is 0 Å². The van der Waals surface area contributed by atoms with Crippen LogP contribution in [0.5, 0.6) is 0 Å². The van der Waals surface area contributed by atoms with Gasteiger partial charge in [-0.25, -0.2) is 0 Å². The van der Waals surface area contributed by atoms with Gasteiger partial charge < -0.3 is 0 Å². The van der Waals surface area contributed by atoms with Gasteiger partial charge in [0.15, 0.2) is 0 Å². The summed E-state index contributed by atoms with van der Waals surface area (Å²) in [5, 5.41) is 0. The maximum absolute atomic E-state index is 12.8. The molecule has 0 spiro atoms. The molecular formula is C11H12F2OS. The van der Waals surface area contributed by atoms with Gasteiger partial charge in [0.25, 0.3) is 0 Å². The monoisotopic (exact) mass is 230 g/mol. The topological polar surface area (TPSA) is 17.1 Å². The highest BCUT2D eigenvalue weighted by molar-refractivity contribution is 7.97. The zero-order valence-electron chi connectivity index (χ0n) is 8.59. The Hall–Kier alpha value is -0.900. The van der Waals surface area contributed by atoms with Crippen molar-refractivity contribution in [2.24, 2.45) is 0 Å². The number of hydrogen-bond acceptors (Lipinski definition) is 2. The number of halogens is 2. The molecule has 1 aromatic rings. The predicted molar refractivity (Wildman–Crippen MR) is 58.6 cm³/mol. The largest absolute Gasteiger partial charge is 0.307 e. The third kappa shape index (κ3) is 3.30. The number of benzene rings is 1. The predicted octanol–water partition coefficient (Wildman–Crippen LogP) is 3.39. The van der Waals surface area contributed by atoms with E-state index in [4.69, 9.17) is 0 Å². The van der Waals surface area contributed by atoms with Crippen LogP contribution in [-0.2, 0) is 5.75 Å². The number of carbonyl (C=O) groups excluding carboxylic acids is 1. The summed E-state index contributed by atoms with van der Waals surface area (Å²) in [7, 11) is 0. The van der Waals surface area contributed by atoms with Crippen LogP contribution in [0.1, 0.15) is 22.8 Å². The molecular weight excluding hydrogens is 218 g/mol. The van der Waals surface area contributed by atoms with Gasteiger partial charge in [0.1, 0.15) is 0 Å². The minimum Gasteiger partial charge on any atom is -0.287 e. The maximum atomic E-state index is 12.8. The van der Waals surface area contributed by atoms with E-state index in [9.17, 15) is 13.6 Å². The lowest BCUT2D eigenvalue weighted by atomic mass is 10.0. The van der Waals surface area contributed by atoms with E-state index in [2.05, 4.69) is 0 Å². The minimum absolute atomic E-state index is 0.0778. The molecule has 0 aromatic heterocycles. The van der Waals surface area contributed by atoms with Crippen LogP contribution in [0.2, 0.25) is 0 Å². The van der Waals surface area contributed by atoms with Crippen LogP contribution in [0, 0.1) is 0 Å². The Morgan fingerprint density at radius 1 is 1.47 bits per heavy atom. The molecule has 0 amide bonds. The molecule has 0 aliphatic heterocycles. The van der Waals surface area contributed by atoms with Crippen molar-refractivity contribution in [3.05, 3.63) is 35.4 Å². The Labute approximate surface area is 91.9 Å². The van der Waals surface area contributed by atoms with Gasteiger partial charge in [0.2, 0.25) is 5.78 Å². The standard InChI is InChI=1S/C11H12F2OS/c1-11(12,13)10(14)9-5-3-4-8(6-9)7-15-2/h3-6H,7H2,1-2H3. The maximum Gasteiger partial charge on any atom is 0.307 e. The summed E-state index contributed by atoms with van der Waals surface area (Å²) in [5.74, 6) is -3.69. The molecule has 1 aromatic carbocycles. The Morgan fingerprint density at radius 3 is 2.67 bits per heavy atom. The Kier molecular flexibility index (Phi) is 3.85.